The zero-order valence-electron chi connectivity index (χ0n) is 19.2. The molecular weight excluding hydrogens is 326 g/mol. The number of allylic oxidation sites excluding steroid dienone is 2. The molecular formula is C26H41N. The second-order valence-corrected chi connectivity index (χ2v) is 6.31. The van der Waals surface area contributed by atoms with Crippen molar-refractivity contribution in [2.45, 2.75) is 75.2 Å². The van der Waals surface area contributed by atoms with Crippen LogP contribution < -0.4 is 0 Å². The van der Waals surface area contributed by atoms with Crippen molar-refractivity contribution in [3.8, 4) is 11.1 Å². The van der Waals surface area contributed by atoms with Gasteiger partial charge in [0.05, 0.1) is 5.69 Å². The van der Waals surface area contributed by atoms with Gasteiger partial charge in [-0.05, 0) is 57.4 Å². The van der Waals surface area contributed by atoms with Gasteiger partial charge in [0.2, 0.25) is 0 Å². The highest BCUT2D eigenvalue weighted by molar-refractivity contribution is 5.65. The number of benzene rings is 1. The predicted octanol–water partition coefficient (Wildman–Crippen LogP) is 8.81. The van der Waals surface area contributed by atoms with Crippen LogP contribution in [0, 0.1) is 13.8 Å². The van der Waals surface area contributed by atoms with Gasteiger partial charge in [-0.2, -0.15) is 0 Å². The fourth-order valence-corrected chi connectivity index (χ4v) is 1.90. The van der Waals surface area contributed by atoms with Gasteiger partial charge in [-0.25, -0.2) is 0 Å². The summed E-state index contributed by atoms with van der Waals surface area (Å²) in [5.41, 5.74) is 7.20. The molecule has 150 valence electrons. The highest BCUT2D eigenvalue weighted by Crippen LogP contribution is 2.22. The minimum absolute atomic E-state index is 1.05. The second kappa shape index (κ2) is 17.3. The molecule has 2 aromatic rings. The quantitative estimate of drug-likeness (QED) is 0.494. The number of hydrogen-bond donors (Lipinski definition) is 0. The van der Waals surface area contributed by atoms with Crippen molar-refractivity contribution in [2.24, 2.45) is 0 Å². The number of nitrogens with zero attached hydrogens (tertiary/aromatic N) is 1. The molecule has 0 aliphatic rings. The van der Waals surface area contributed by atoms with Gasteiger partial charge in [-0.1, -0.05) is 82.5 Å². The highest BCUT2D eigenvalue weighted by Gasteiger charge is 2.01. The molecule has 0 N–H and O–H groups in total. The van der Waals surface area contributed by atoms with Crippen LogP contribution in [0.15, 0.2) is 54.8 Å². The molecule has 0 unspecified atom stereocenters. The smallest absolute Gasteiger partial charge is 0.0655 e. The maximum atomic E-state index is 4.49. The van der Waals surface area contributed by atoms with Crippen LogP contribution in [0.3, 0.4) is 0 Å². The Bertz CT molecular complexity index is 666. The zero-order chi connectivity index (χ0) is 21.2. The lowest BCUT2D eigenvalue weighted by Gasteiger charge is -2.06. The van der Waals surface area contributed by atoms with Crippen LogP contribution in [0.25, 0.3) is 17.2 Å². The van der Waals surface area contributed by atoms with Crippen molar-refractivity contribution in [1.82, 2.24) is 4.98 Å². The van der Waals surface area contributed by atoms with E-state index in [9.17, 15) is 0 Å². The lowest BCUT2D eigenvalue weighted by Crippen LogP contribution is -1.89. The normalized spacial score (nSPS) is 9.22. The summed E-state index contributed by atoms with van der Waals surface area (Å²) in [6.07, 6.45) is 8.36. The van der Waals surface area contributed by atoms with E-state index in [2.05, 4.69) is 76.5 Å². The number of hydrogen-bond acceptors (Lipinski definition) is 1. The Morgan fingerprint density at radius 1 is 1.04 bits per heavy atom. The number of aromatic nitrogens is 1. The summed E-state index contributed by atoms with van der Waals surface area (Å²) in [4.78, 5) is 4.49. The number of pyridine rings is 1. The molecule has 0 atom stereocenters. The molecule has 0 fully saturated rings. The molecule has 1 aromatic heterocycles. The maximum absolute atomic E-state index is 4.49. The van der Waals surface area contributed by atoms with Gasteiger partial charge in [0.1, 0.15) is 0 Å². The van der Waals surface area contributed by atoms with Gasteiger partial charge < -0.3 is 0 Å². The van der Waals surface area contributed by atoms with E-state index in [-0.39, 0.29) is 0 Å². The van der Waals surface area contributed by atoms with E-state index < -0.39 is 0 Å². The maximum Gasteiger partial charge on any atom is 0.0655 e. The first-order chi connectivity index (χ1) is 12.9. The lowest BCUT2D eigenvalue weighted by atomic mass is 10.0. The van der Waals surface area contributed by atoms with Crippen molar-refractivity contribution in [3.63, 3.8) is 0 Å². The number of aryl methyl sites for hydroxylation is 2. The molecule has 0 radical (unpaired) electrons. The first-order valence-corrected chi connectivity index (χ1v) is 10.2. The van der Waals surface area contributed by atoms with Gasteiger partial charge >= 0.3 is 0 Å². The standard InChI is InChI=1S/C16H17N.C5H10.C3H8.C2H6/c1-4-6-16-13(3)10-15(11-17-16)14-8-5-7-12(2)9-14;1-4-5(2)3;1-3-2;1-2/h4-11H,1-3H3;2,4H2,1,3H3;3H2,1-2H3;1-2H3/b6-4-;;;. The third-order valence-corrected chi connectivity index (χ3v) is 3.40. The largest absolute Gasteiger partial charge is 0.256 e. The van der Waals surface area contributed by atoms with E-state index in [1.165, 1.54) is 34.2 Å². The molecule has 0 aliphatic carbocycles. The minimum Gasteiger partial charge on any atom is -0.256 e. The average Bonchev–Trinajstić information content (AvgIpc) is 2.66. The van der Waals surface area contributed by atoms with Gasteiger partial charge in [0.25, 0.3) is 0 Å². The molecule has 0 spiro atoms. The van der Waals surface area contributed by atoms with Crippen LogP contribution in [0.2, 0.25) is 0 Å². The van der Waals surface area contributed by atoms with Crippen LogP contribution in [-0.2, 0) is 0 Å². The Balaban J connectivity index is 0. The number of rotatable bonds is 3. The Kier molecular flexibility index (Phi) is 17.3. The predicted molar refractivity (Wildman–Crippen MR) is 126 cm³/mol. The van der Waals surface area contributed by atoms with E-state index >= 15 is 0 Å². The SMILES string of the molecule is C/C=C\c1ncc(-c2cccc(C)c2)cc1C.C=C(C)CC.CC.CCC. The fourth-order valence-electron chi connectivity index (χ4n) is 1.90. The van der Waals surface area contributed by atoms with Crippen molar-refractivity contribution in [1.29, 1.82) is 0 Å². The van der Waals surface area contributed by atoms with Gasteiger partial charge in [0, 0.05) is 11.8 Å². The molecule has 1 heterocycles. The fraction of sp³-hybridized carbons (Fsp3) is 0.423. The third kappa shape index (κ3) is 12.8. The van der Waals surface area contributed by atoms with Crippen LogP contribution in [0.5, 0.6) is 0 Å². The molecule has 27 heavy (non-hydrogen) atoms. The van der Waals surface area contributed by atoms with Gasteiger partial charge in [0.15, 0.2) is 0 Å². The Hall–Kier alpha value is -2.15. The molecule has 0 saturated heterocycles. The summed E-state index contributed by atoms with van der Waals surface area (Å²) < 4.78 is 0. The average molecular weight is 368 g/mol. The van der Waals surface area contributed by atoms with Crippen LogP contribution in [-0.4, -0.2) is 4.98 Å². The van der Waals surface area contributed by atoms with E-state index in [1.54, 1.807) is 0 Å². The minimum atomic E-state index is 1.05. The Morgan fingerprint density at radius 3 is 2.00 bits per heavy atom. The molecule has 2 rings (SSSR count). The van der Waals surface area contributed by atoms with Crippen LogP contribution in [0.4, 0.5) is 0 Å². The Morgan fingerprint density at radius 2 is 1.59 bits per heavy atom. The van der Waals surface area contributed by atoms with E-state index in [0.29, 0.717) is 0 Å². The zero-order valence-corrected chi connectivity index (χ0v) is 19.2. The van der Waals surface area contributed by atoms with Crippen molar-refractivity contribution in [2.75, 3.05) is 0 Å². The molecule has 0 bridgehead atoms. The van der Waals surface area contributed by atoms with Crippen molar-refractivity contribution in [3.05, 3.63) is 71.6 Å². The van der Waals surface area contributed by atoms with Crippen LogP contribution >= 0.6 is 0 Å². The molecule has 0 amide bonds. The molecule has 1 nitrogen and oxygen atoms in total. The van der Waals surface area contributed by atoms with Gasteiger partial charge in [-0.3, -0.25) is 4.98 Å². The molecule has 1 heteroatoms. The highest BCUT2D eigenvalue weighted by atomic mass is 14.7. The van der Waals surface area contributed by atoms with E-state index in [1.807, 2.05) is 46.0 Å². The summed E-state index contributed by atoms with van der Waals surface area (Å²) in [5.74, 6) is 0. The van der Waals surface area contributed by atoms with E-state index in [0.717, 1.165) is 12.1 Å². The topological polar surface area (TPSA) is 12.9 Å². The summed E-state index contributed by atoms with van der Waals surface area (Å²) in [7, 11) is 0. The lowest BCUT2D eigenvalue weighted by molar-refractivity contribution is 1.09. The second-order valence-electron chi connectivity index (χ2n) is 6.31. The van der Waals surface area contributed by atoms with Crippen molar-refractivity contribution < 1.29 is 0 Å². The first-order valence-electron chi connectivity index (χ1n) is 10.2. The summed E-state index contributed by atoms with van der Waals surface area (Å²) in [6, 6.07) is 10.7. The first kappa shape index (κ1) is 27.1. The van der Waals surface area contributed by atoms with Crippen LogP contribution in [0.1, 0.15) is 78.1 Å². The summed E-state index contributed by atoms with van der Waals surface area (Å²) in [5, 5.41) is 0. The molecule has 0 saturated carbocycles. The summed E-state index contributed by atoms with van der Waals surface area (Å²) in [6.45, 7) is 22.3. The van der Waals surface area contributed by atoms with E-state index in [4.69, 9.17) is 0 Å². The summed E-state index contributed by atoms with van der Waals surface area (Å²) >= 11 is 0. The monoisotopic (exact) mass is 367 g/mol. The Labute approximate surface area is 169 Å². The van der Waals surface area contributed by atoms with Gasteiger partial charge in [-0.15, -0.1) is 6.58 Å². The molecule has 1 aromatic carbocycles. The van der Waals surface area contributed by atoms with Crippen molar-refractivity contribution >= 4 is 6.08 Å². The molecule has 0 aliphatic heterocycles. The third-order valence-electron chi connectivity index (χ3n) is 3.40.